The lowest BCUT2D eigenvalue weighted by Crippen LogP contribution is -2.34. The first-order chi connectivity index (χ1) is 13.9. The third kappa shape index (κ3) is 4.62. The molecule has 2 atom stereocenters. The molecule has 2 nitrogen and oxygen atoms in total. The van der Waals surface area contributed by atoms with Crippen molar-refractivity contribution in [1.29, 1.82) is 0 Å². The maximum Gasteiger partial charge on any atom is 0.416 e. The van der Waals surface area contributed by atoms with E-state index < -0.39 is 11.7 Å². The van der Waals surface area contributed by atoms with Gasteiger partial charge >= 0.3 is 6.18 Å². The highest BCUT2D eigenvalue weighted by Gasteiger charge is 2.31. The third-order valence-corrected chi connectivity index (χ3v) is 5.71. The zero-order chi connectivity index (χ0) is 20.4. The molecule has 0 radical (unpaired) electrons. The van der Waals surface area contributed by atoms with Crippen LogP contribution in [-0.2, 0) is 12.7 Å². The summed E-state index contributed by atoms with van der Waals surface area (Å²) >= 11 is 0. The van der Waals surface area contributed by atoms with E-state index in [9.17, 15) is 13.2 Å². The maximum atomic E-state index is 12.9. The summed E-state index contributed by atoms with van der Waals surface area (Å²) in [6.07, 6.45) is -3.30. The van der Waals surface area contributed by atoms with Gasteiger partial charge in [0.15, 0.2) is 0 Å². The number of hydrogen-bond acceptors (Lipinski definition) is 2. The molecule has 0 aromatic heterocycles. The molecular formula is C24H25F3N2. The van der Waals surface area contributed by atoms with Crippen LogP contribution in [-0.4, -0.2) is 24.0 Å². The summed E-state index contributed by atoms with van der Waals surface area (Å²) < 4.78 is 38.8. The van der Waals surface area contributed by atoms with E-state index in [1.54, 1.807) is 6.07 Å². The maximum absolute atomic E-state index is 12.9. The standard InChI is InChI=1S/C24H25F3N2/c1-17(22-11-5-8-19-7-2-3-10-23(19)22)28-21-12-13-29(16-21)15-18-6-4-9-20(14-18)24(25,26)27/h2-11,14,17,21,28H,12-13,15-16H2,1H3. The van der Waals surface area contributed by atoms with Gasteiger partial charge in [0, 0.05) is 31.7 Å². The van der Waals surface area contributed by atoms with Gasteiger partial charge in [0.05, 0.1) is 5.56 Å². The monoisotopic (exact) mass is 398 g/mol. The highest BCUT2D eigenvalue weighted by Crippen LogP contribution is 2.30. The Morgan fingerprint density at radius 1 is 1.03 bits per heavy atom. The Labute approximate surface area is 169 Å². The van der Waals surface area contributed by atoms with Crippen molar-refractivity contribution in [2.45, 2.75) is 38.1 Å². The minimum absolute atomic E-state index is 0.208. The van der Waals surface area contributed by atoms with Gasteiger partial charge in [0.2, 0.25) is 0 Å². The second-order valence-corrected chi connectivity index (χ2v) is 7.88. The Morgan fingerprint density at radius 2 is 1.79 bits per heavy atom. The fourth-order valence-electron chi connectivity index (χ4n) is 4.29. The molecule has 5 heteroatoms. The summed E-state index contributed by atoms with van der Waals surface area (Å²) in [7, 11) is 0. The van der Waals surface area contributed by atoms with Crippen molar-refractivity contribution in [3.05, 3.63) is 83.4 Å². The second-order valence-electron chi connectivity index (χ2n) is 7.88. The largest absolute Gasteiger partial charge is 0.416 e. The minimum Gasteiger partial charge on any atom is -0.306 e. The normalized spacial score (nSPS) is 19.0. The summed E-state index contributed by atoms with van der Waals surface area (Å²) in [5, 5.41) is 6.21. The SMILES string of the molecule is CC(NC1CCN(Cc2cccc(C(F)(F)F)c2)C1)c1cccc2ccccc12. The summed E-state index contributed by atoms with van der Waals surface area (Å²) in [5.41, 5.74) is 1.41. The van der Waals surface area contributed by atoms with Crippen LogP contribution in [0.25, 0.3) is 10.8 Å². The Hall–Kier alpha value is -2.37. The highest BCUT2D eigenvalue weighted by molar-refractivity contribution is 5.86. The zero-order valence-corrected chi connectivity index (χ0v) is 16.4. The molecule has 1 saturated heterocycles. The van der Waals surface area contributed by atoms with Crippen LogP contribution in [0, 0.1) is 0 Å². The fraction of sp³-hybridized carbons (Fsp3) is 0.333. The molecule has 152 valence electrons. The molecule has 1 N–H and O–H groups in total. The predicted molar refractivity (Wildman–Crippen MR) is 111 cm³/mol. The van der Waals surface area contributed by atoms with Gasteiger partial charge in [-0.2, -0.15) is 13.2 Å². The molecule has 1 aliphatic rings. The zero-order valence-electron chi connectivity index (χ0n) is 16.4. The predicted octanol–water partition coefficient (Wildman–Crippen LogP) is 5.78. The van der Waals surface area contributed by atoms with Crippen LogP contribution < -0.4 is 5.32 Å². The Bertz CT molecular complexity index is 978. The first kappa shape index (κ1) is 19.9. The van der Waals surface area contributed by atoms with Gasteiger partial charge in [0.1, 0.15) is 0 Å². The van der Waals surface area contributed by atoms with Crippen LogP contribution in [0.3, 0.4) is 0 Å². The number of fused-ring (bicyclic) bond motifs is 1. The lowest BCUT2D eigenvalue weighted by Gasteiger charge is -2.22. The smallest absolute Gasteiger partial charge is 0.306 e. The fourth-order valence-corrected chi connectivity index (χ4v) is 4.29. The summed E-state index contributed by atoms with van der Waals surface area (Å²) in [5.74, 6) is 0. The number of nitrogens with one attached hydrogen (secondary N) is 1. The number of alkyl halides is 3. The minimum atomic E-state index is -4.29. The van der Waals surface area contributed by atoms with Crippen LogP contribution in [0.1, 0.15) is 36.1 Å². The first-order valence-electron chi connectivity index (χ1n) is 10.0. The lowest BCUT2D eigenvalue weighted by atomic mass is 9.99. The van der Waals surface area contributed by atoms with Crippen LogP contribution in [0.2, 0.25) is 0 Å². The molecule has 0 saturated carbocycles. The molecule has 2 unspecified atom stereocenters. The molecule has 4 rings (SSSR count). The number of rotatable bonds is 5. The summed E-state index contributed by atoms with van der Waals surface area (Å²) in [6.45, 7) is 4.45. The van der Waals surface area contributed by atoms with Crippen molar-refractivity contribution < 1.29 is 13.2 Å². The van der Waals surface area contributed by atoms with Crippen molar-refractivity contribution in [2.24, 2.45) is 0 Å². The molecule has 0 bridgehead atoms. The van der Waals surface area contributed by atoms with Crippen molar-refractivity contribution in [3.63, 3.8) is 0 Å². The number of benzene rings is 3. The van der Waals surface area contributed by atoms with Gasteiger partial charge in [-0.25, -0.2) is 0 Å². The second kappa shape index (κ2) is 8.17. The van der Waals surface area contributed by atoms with E-state index in [-0.39, 0.29) is 6.04 Å². The summed E-state index contributed by atoms with van der Waals surface area (Å²) in [6, 6.07) is 20.9. The van der Waals surface area contributed by atoms with E-state index in [1.807, 2.05) is 6.07 Å². The lowest BCUT2D eigenvalue weighted by molar-refractivity contribution is -0.137. The third-order valence-electron chi connectivity index (χ3n) is 5.71. The molecule has 1 heterocycles. The molecule has 0 amide bonds. The Morgan fingerprint density at radius 3 is 2.62 bits per heavy atom. The molecule has 3 aromatic carbocycles. The van der Waals surface area contributed by atoms with Gasteiger partial charge in [0.25, 0.3) is 0 Å². The number of halogens is 3. The summed E-state index contributed by atoms with van der Waals surface area (Å²) in [4.78, 5) is 2.23. The van der Waals surface area contributed by atoms with Crippen LogP contribution in [0.15, 0.2) is 66.7 Å². The van der Waals surface area contributed by atoms with Crippen LogP contribution in [0.5, 0.6) is 0 Å². The van der Waals surface area contributed by atoms with Crippen molar-refractivity contribution in [3.8, 4) is 0 Å². The van der Waals surface area contributed by atoms with E-state index in [4.69, 9.17) is 0 Å². The van der Waals surface area contributed by atoms with Gasteiger partial charge in [-0.05, 0) is 41.3 Å². The molecule has 1 fully saturated rings. The topological polar surface area (TPSA) is 15.3 Å². The first-order valence-corrected chi connectivity index (χ1v) is 10.0. The average Bonchev–Trinajstić information content (AvgIpc) is 3.13. The van der Waals surface area contributed by atoms with Crippen molar-refractivity contribution in [2.75, 3.05) is 13.1 Å². The Kier molecular flexibility index (Phi) is 5.61. The highest BCUT2D eigenvalue weighted by atomic mass is 19.4. The van der Waals surface area contributed by atoms with E-state index >= 15 is 0 Å². The molecule has 29 heavy (non-hydrogen) atoms. The van der Waals surface area contributed by atoms with Gasteiger partial charge in [-0.1, -0.05) is 60.7 Å². The van der Waals surface area contributed by atoms with E-state index in [0.717, 1.165) is 25.6 Å². The van der Waals surface area contributed by atoms with E-state index in [1.165, 1.54) is 28.5 Å². The van der Waals surface area contributed by atoms with Crippen molar-refractivity contribution >= 4 is 10.8 Å². The molecule has 1 aliphatic heterocycles. The van der Waals surface area contributed by atoms with Gasteiger partial charge in [-0.3, -0.25) is 4.90 Å². The van der Waals surface area contributed by atoms with Crippen LogP contribution >= 0.6 is 0 Å². The molecule has 0 spiro atoms. The number of hydrogen-bond donors (Lipinski definition) is 1. The van der Waals surface area contributed by atoms with Gasteiger partial charge in [-0.15, -0.1) is 0 Å². The van der Waals surface area contributed by atoms with Crippen LogP contribution in [0.4, 0.5) is 13.2 Å². The molecule has 0 aliphatic carbocycles. The Balaban J connectivity index is 1.39. The molecular weight excluding hydrogens is 373 g/mol. The van der Waals surface area contributed by atoms with Crippen molar-refractivity contribution in [1.82, 2.24) is 10.2 Å². The van der Waals surface area contributed by atoms with E-state index in [2.05, 4.69) is 53.5 Å². The number of likely N-dealkylation sites (tertiary alicyclic amines) is 1. The van der Waals surface area contributed by atoms with E-state index in [0.29, 0.717) is 18.2 Å². The average molecular weight is 398 g/mol. The molecule has 3 aromatic rings. The van der Waals surface area contributed by atoms with Gasteiger partial charge < -0.3 is 5.32 Å². The number of nitrogens with zero attached hydrogens (tertiary/aromatic N) is 1. The quantitative estimate of drug-likeness (QED) is 0.586.